The summed E-state index contributed by atoms with van der Waals surface area (Å²) in [6.07, 6.45) is 0. The molecule has 0 aliphatic rings. The quantitative estimate of drug-likeness (QED) is 0.765. The van der Waals surface area contributed by atoms with Gasteiger partial charge in [0.05, 0.1) is 20.8 Å². The Hall–Kier alpha value is -3.03. The van der Waals surface area contributed by atoms with Crippen molar-refractivity contribution in [3.05, 3.63) is 42.0 Å². The molecular formula is C18H19F2NO5. The summed E-state index contributed by atoms with van der Waals surface area (Å²) < 4.78 is 44.7. The van der Waals surface area contributed by atoms with E-state index in [1.807, 2.05) is 6.92 Å². The van der Waals surface area contributed by atoms with Crippen LogP contribution in [0.15, 0.2) is 36.4 Å². The van der Waals surface area contributed by atoms with Gasteiger partial charge in [0.2, 0.25) is 0 Å². The van der Waals surface area contributed by atoms with Gasteiger partial charge in [-0.15, -0.1) is 0 Å². The number of hydrogen-bond donors (Lipinski definition) is 1. The number of amides is 1. The van der Waals surface area contributed by atoms with Gasteiger partial charge < -0.3 is 24.3 Å². The first-order valence-corrected chi connectivity index (χ1v) is 7.73. The molecule has 0 saturated heterocycles. The van der Waals surface area contributed by atoms with E-state index in [1.54, 1.807) is 18.2 Å². The molecule has 1 amide bonds. The highest BCUT2D eigenvalue weighted by molar-refractivity contribution is 6.04. The van der Waals surface area contributed by atoms with Crippen molar-refractivity contribution in [2.75, 3.05) is 26.1 Å². The Labute approximate surface area is 149 Å². The maximum atomic E-state index is 12.4. The van der Waals surface area contributed by atoms with Gasteiger partial charge in [-0.3, -0.25) is 4.79 Å². The molecule has 0 spiro atoms. The topological polar surface area (TPSA) is 66.0 Å². The van der Waals surface area contributed by atoms with Crippen LogP contribution in [-0.4, -0.2) is 33.3 Å². The molecule has 26 heavy (non-hydrogen) atoms. The van der Waals surface area contributed by atoms with Gasteiger partial charge in [-0.25, -0.2) is 0 Å². The average molecular weight is 367 g/mol. The highest BCUT2D eigenvalue weighted by Gasteiger charge is 2.15. The van der Waals surface area contributed by atoms with Crippen LogP contribution in [0.4, 0.5) is 14.5 Å². The molecule has 8 heteroatoms. The lowest BCUT2D eigenvalue weighted by Crippen LogP contribution is -2.12. The summed E-state index contributed by atoms with van der Waals surface area (Å²) in [4.78, 5) is 12.4. The van der Waals surface area contributed by atoms with Crippen LogP contribution in [0.3, 0.4) is 0 Å². The minimum Gasteiger partial charge on any atom is -0.493 e. The number of rotatable bonds is 8. The Bertz CT molecular complexity index is 767. The molecular weight excluding hydrogens is 348 g/mol. The second-order valence-electron chi connectivity index (χ2n) is 5.00. The number of benzene rings is 2. The number of ether oxygens (including phenoxy) is 4. The van der Waals surface area contributed by atoms with E-state index in [9.17, 15) is 13.6 Å². The minimum atomic E-state index is -2.99. The summed E-state index contributed by atoms with van der Waals surface area (Å²) in [5, 5.41) is 2.69. The Morgan fingerprint density at radius 2 is 1.65 bits per heavy atom. The number of halogens is 2. The monoisotopic (exact) mass is 367 g/mol. The van der Waals surface area contributed by atoms with Crippen LogP contribution in [0.1, 0.15) is 17.3 Å². The normalized spacial score (nSPS) is 10.4. The molecule has 0 atom stereocenters. The molecule has 0 heterocycles. The fraction of sp³-hybridized carbons (Fsp3) is 0.278. The second kappa shape index (κ2) is 8.89. The molecule has 0 radical (unpaired) electrons. The smallest absolute Gasteiger partial charge is 0.387 e. The van der Waals surface area contributed by atoms with Crippen molar-refractivity contribution in [1.82, 2.24) is 0 Å². The third-order valence-electron chi connectivity index (χ3n) is 3.36. The summed E-state index contributed by atoms with van der Waals surface area (Å²) in [5.41, 5.74) is 0.707. The van der Waals surface area contributed by atoms with E-state index >= 15 is 0 Å². The zero-order valence-corrected chi connectivity index (χ0v) is 14.5. The van der Waals surface area contributed by atoms with E-state index in [0.29, 0.717) is 23.8 Å². The first-order valence-electron chi connectivity index (χ1n) is 7.73. The molecule has 0 fully saturated rings. The maximum Gasteiger partial charge on any atom is 0.387 e. The first-order chi connectivity index (χ1) is 12.5. The van der Waals surface area contributed by atoms with E-state index in [1.165, 1.54) is 32.4 Å². The number of methoxy groups -OCH3 is 2. The van der Waals surface area contributed by atoms with Gasteiger partial charge in [-0.05, 0) is 37.3 Å². The Morgan fingerprint density at radius 3 is 2.27 bits per heavy atom. The summed E-state index contributed by atoms with van der Waals surface area (Å²) in [5.74, 6) is 0.466. The zero-order chi connectivity index (χ0) is 19.1. The predicted octanol–water partition coefficient (Wildman–Crippen LogP) is 3.96. The number of nitrogens with one attached hydrogen (secondary N) is 1. The predicted molar refractivity (Wildman–Crippen MR) is 91.7 cm³/mol. The van der Waals surface area contributed by atoms with Crippen molar-refractivity contribution in [1.29, 1.82) is 0 Å². The summed E-state index contributed by atoms with van der Waals surface area (Å²) >= 11 is 0. The SMILES string of the molecule is CCOc1ccc(NC(=O)c2ccc(OC(F)F)c(OC)c2)cc1OC. The van der Waals surface area contributed by atoms with Crippen LogP contribution in [-0.2, 0) is 0 Å². The fourth-order valence-electron chi connectivity index (χ4n) is 2.23. The van der Waals surface area contributed by atoms with Crippen LogP contribution in [0, 0.1) is 0 Å². The van der Waals surface area contributed by atoms with Gasteiger partial charge in [0.15, 0.2) is 23.0 Å². The minimum absolute atomic E-state index is 0.0298. The van der Waals surface area contributed by atoms with Gasteiger partial charge in [0, 0.05) is 17.3 Å². The molecule has 0 bridgehead atoms. The third kappa shape index (κ3) is 4.75. The summed E-state index contributed by atoms with van der Waals surface area (Å²) in [6.45, 7) is -0.654. The largest absolute Gasteiger partial charge is 0.493 e. The summed E-state index contributed by atoms with van der Waals surface area (Å²) in [7, 11) is 2.79. The molecule has 0 aliphatic heterocycles. The Kier molecular flexibility index (Phi) is 6.60. The standard InChI is InChI=1S/C18H19F2NO5/c1-4-25-13-8-6-12(10-16(13)24-3)21-17(22)11-5-7-14(26-18(19)20)15(9-11)23-2/h5-10,18H,4H2,1-3H3,(H,21,22). The molecule has 140 valence electrons. The molecule has 0 unspecified atom stereocenters. The van der Waals surface area contributed by atoms with Crippen molar-refractivity contribution in [3.63, 3.8) is 0 Å². The lowest BCUT2D eigenvalue weighted by Gasteiger charge is -2.13. The van der Waals surface area contributed by atoms with Gasteiger partial charge in [0.1, 0.15) is 0 Å². The maximum absolute atomic E-state index is 12.4. The van der Waals surface area contributed by atoms with E-state index < -0.39 is 12.5 Å². The van der Waals surface area contributed by atoms with Crippen LogP contribution < -0.4 is 24.3 Å². The third-order valence-corrected chi connectivity index (χ3v) is 3.36. The zero-order valence-electron chi connectivity index (χ0n) is 14.5. The van der Waals surface area contributed by atoms with Crippen molar-refractivity contribution in [3.8, 4) is 23.0 Å². The molecule has 1 N–H and O–H groups in total. The number of anilines is 1. The second-order valence-corrected chi connectivity index (χ2v) is 5.00. The first kappa shape index (κ1) is 19.3. The molecule has 0 saturated carbocycles. The van der Waals surface area contributed by atoms with Crippen LogP contribution in [0.25, 0.3) is 0 Å². The highest BCUT2D eigenvalue weighted by atomic mass is 19.3. The molecule has 2 aromatic rings. The number of carbonyl (C=O) groups is 1. The van der Waals surface area contributed by atoms with Crippen molar-refractivity contribution in [2.45, 2.75) is 13.5 Å². The molecule has 2 aromatic carbocycles. The van der Waals surface area contributed by atoms with E-state index in [0.717, 1.165) is 0 Å². The van der Waals surface area contributed by atoms with Crippen LogP contribution in [0.2, 0.25) is 0 Å². The Morgan fingerprint density at radius 1 is 1.00 bits per heavy atom. The average Bonchev–Trinajstić information content (AvgIpc) is 2.62. The van der Waals surface area contributed by atoms with Crippen molar-refractivity contribution in [2.24, 2.45) is 0 Å². The lowest BCUT2D eigenvalue weighted by atomic mass is 10.1. The van der Waals surface area contributed by atoms with Gasteiger partial charge in [0.25, 0.3) is 5.91 Å². The molecule has 0 aromatic heterocycles. The van der Waals surface area contributed by atoms with Gasteiger partial charge >= 0.3 is 6.61 Å². The molecule has 2 rings (SSSR count). The lowest BCUT2D eigenvalue weighted by molar-refractivity contribution is -0.0512. The van der Waals surface area contributed by atoms with Crippen LogP contribution >= 0.6 is 0 Å². The summed E-state index contributed by atoms with van der Waals surface area (Å²) in [6, 6.07) is 8.89. The molecule has 0 aliphatic carbocycles. The number of alkyl halides is 2. The highest BCUT2D eigenvalue weighted by Crippen LogP contribution is 2.32. The van der Waals surface area contributed by atoms with E-state index in [-0.39, 0.29) is 17.1 Å². The van der Waals surface area contributed by atoms with E-state index in [2.05, 4.69) is 10.1 Å². The van der Waals surface area contributed by atoms with Gasteiger partial charge in [-0.2, -0.15) is 8.78 Å². The number of hydrogen-bond acceptors (Lipinski definition) is 5. The fourth-order valence-corrected chi connectivity index (χ4v) is 2.23. The Balaban J connectivity index is 2.19. The van der Waals surface area contributed by atoms with Crippen molar-refractivity contribution < 1.29 is 32.5 Å². The van der Waals surface area contributed by atoms with Gasteiger partial charge in [-0.1, -0.05) is 0 Å². The van der Waals surface area contributed by atoms with Crippen molar-refractivity contribution >= 4 is 11.6 Å². The number of carbonyl (C=O) groups excluding carboxylic acids is 1. The van der Waals surface area contributed by atoms with E-state index in [4.69, 9.17) is 14.2 Å². The van der Waals surface area contributed by atoms with Crippen LogP contribution in [0.5, 0.6) is 23.0 Å². The molecule has 6 nitrogen and oxygen atoms in total.